The molecule has 0 saturated carbocycles. The molecule has 0 unspecified atom stereocenters. The Balaban J connectivity index is 1.31. The van der Waals surface area contributed by atoms with Crippen LogP contribution >= 0.6 is 0 Å². The normalized spacial score (nSPS) is 14.9. The number of carbonyl (C=O) groups excluding carboxylic acids is 1. The zero-order valence-electron chi connectivity index (χ0n) is 24.9. The minimum absolute atomic E-state index is 0.213. The maximum atomic E-state index is 13.0. The quantitative estimate of drug-likeness (QED) is 0.339. The van der Waals surface area contributed by atoms with Crippen molar-refractivity contribution in [2.24, 2.45) is 0 Å². The molecule has 1 amide bonds. The monoisotopic (exact) mass is 557 g/mol. The molecule has 1 aliphatic rings. The third-order valence-corrected chi connectivity index (χ3v) is 7.76. The molecule has 4 aromatic heterocycles. The molecule has 216 valence electrons. The summed E-state index contributed by atoms with van der Waals surface area (Å²) in [6.07, 6.45) is 9.32. The Morgan fingerprint density at radius 1 is 1.12 bits per heavy atom. The average molecular weight is 558 g/mol. The number of anilines is 2. The van der Waals surface area contributed by atoms with E-state index in [1.165, 1.54) is 6.20 Å². The van der Waals surface area contributed by atoms with Gasteiger partial charge in [-0.3, -0.25) is 14.8 Å². The van der Waals surface area contributed by atoms with Gasteiger partial charge >= 0.3 is 0 Å². The number of hydrogen-bond acceptors (Lipinski definition) is 9. The average Bonchev–Trinajstić information content (AvgIpc) is 3.63. The van der Waals surface area contributed by atoms with Crippen LogP contribution in [0.15, 0.2) is 47.5 Å². The first-order valence-corrected chi connectivity index (χ1v) is 14.1. The second-order valence-corrected chi connectivity index (χ2v) is 12.1. The number of aryl methyl sites for hydroxylation is 1. The SMILES string of the molecule is Cc1ncc(C(=O)Nc2cc(C(C)(C)C)on2)cc1-n1cc(-c2cncc(N(C)C3CCN(C(C)C)CC3)c2)nn1. The minimum Gasteiger partial charge on any atom is -0.370 e. The summed E-state index contributed by atoms with van der Waals surface area (Å²) in [5.74, 6) is 0.701. The molecule has 0 aliphatic carbocycles. The van der Waals surface area contributed by atoms with Gasteiger partial charge in [0.15, 0.2) is 5.82 Å². The van der Waals surface area contributed by atoms with Gasteiger partial charge in [0.2, 0.25) is 0 Å². The van der Waals surface area contributed by atoms with Crippen molar-refractivity contribution in [3.05, 3.63) is 60.0 Å². The Hall–Kier alpha value is -4.12. The van der Waals surface area contributed by atoms with Crippen LogP contribution in [0.2, 0.25) is 0 Å². The van der Waals surface area contributed by atoms with Gasteiger partial charge in [-0.1, -0.05) is 31.1 Å². The Morgan fingerprint density at radius 2 is 1.88 bits per heavy atom. The molecule has 1 aliphatic heterocycles. The van der Waals surface area contributed by atoms with E-state index >= 15 is 0 Å². The van der Waals surface area contributed by atoms with Crippen molar-refractivity contribution >= 4 is 17.4 Å². The van der Waals surface area contributed by atoms with E-state index in [9.17, 15) is 4.79 Å². The molecule has 1 saturated heterocycles. The number of piperidine rings is 1. The van der Waals surface area contributed by atoms with Crippen molar-refractivity contribution in [2.75, 3.05) is 30.4 Å². The molecule has 0 radical (unpaired) electrons. The van der Waals surface area contributed by atoms with Crippen LogP contribution in [0.25, 0.3) is 16.9 Å². The number of likely N-dealkylation sites (tertiary alicyclic amines) is 1. The summed E-state index contributed by atoms with van der Waals surface area (Å²) in [7, 11) is 2.14. The van der Waals surface area contributed by atoms with Gasteiger partial charge in [0.1, 0.15) is 11.5 Å². The van der Waals surface area contributed by atoms with Crippen LogP contribution in [0, 0.1) is 6.92 Å². The van der Waals surface area contributed by atoms with Crippen LogP contribution in [0.1, 0.15) is 69.3 Å². The standard InChI is InChI=1S/C30H39N9O2/c1-19(2)38-10-8-23(9-11-38)37(7)24-12-21(15-31-17-24)25-18-39(36-34-25)26-13-22(16-32-20(26)3)29(40)33-28-14-27(41-35-28)30(4,5)6/h12-19,23H,8-11H2,1-7H3,(H,33,35,40). The van der Waals surface area contributed by atoms with Crippen LogP contribution in [-0.4, -0.2) is 73.1 Å². The predicted octanol–water partition coefficient (Wildman–Crippen LogP) is 4.88. The van der Waals surface area contributed by atoms with E-state index in [0.29, 0.717) is 46.3 Å². The molecule has 41 heavy (non-hydrogen) atoms. The third-order valence-electron chi connectivity index (χ3n) is 7.76. The summed E-state index contributed by atoms with van der Waals surface area (Å²) in [4.78, 5) is 26.8. The Labute approximate surface area is 241 Å². The molecule has 0 spiro atoms. The summed E-state index contributed by atoms with van der Waals surface area (Å²) < 4.78 is 7.02. The van der Waals surface area contributed by atoms with Crippen molar-refractivity contribution in [3.8, 4) is 16.9 Å². The fourth-order valence-electron chi connectivity index (χ4n) is 5.03. The van der Waals surface area contributed by atoms with Gasteiger partial charge in [0.25, 0.3) is 5.91 Å². The van der Waals surface area contributed by atoms with Crippen LogP contribution in [0.4, 0.5) is 11.5 Å². The first-order chi connectivity index (χ1) is 19.5. The topological polar surface area (TPSA) is 118 Å². The second kappa shape index (κ2) is 11.4. The van der Waals surface area contributed by atoms with Crippen LogP contribution in [-0.2, 0) is 5.41 Å². The first kappa shape index (κ1) is 28.4. The van der Waals surface area contributed by atoms with Gasteiger partial charge in [-0.05, 0) is 45.7 Å². The second-order valence-electron chi connectivity index (χ2n) is 12.1. The number of aromatic nitrogens is 6. The van der Waals surface area contributed by atoms with Crippen molar-refractivity contribution in [2.45, 2.75) is 71.9 Å². The van der Waals surface area contributed by atoms with Gasteiger partial charge in [-0.25, -0.2) is 4.68 Å². The molecule has 5 heterocycles. The van der Waals surface area contributed by atoms with Gasteiger partial charge in [-0.2, -0.15) is 0 Å². The smallest absolute Gasteiger partial charge is 0.258 e. The molecule has 1 fully saturated rings. The number of pyridine rings is 2. The maximum absolute atomic E-state index is 13.0. The van der Waals surface area contributed by atoms with Crippen molar-refractivity contribution < 1.29 is 9.32 Å². The number of hydrogen-bond donors (Lipinski definition) is 1. The molecular weight excluding hydrogens is 518 g/mol. The minimum atomic E-state index is -0.341. The molecular formula is C30H39N9O2. The number of rotatable bonds is 7. The highest BCUT2D eigenvalue weighted by molar-refractivity contribution is 6.03. The van der Waals surface area contributed by atoms with Crippen molar-refractivity contribution in [1.82, 2.24) is 35.0 Å². The van der Waals surface area contributed by atoms with E-state index in [0.717, 1.165) is 37.2 Å². The summed E-state index contributed by atoms with van der Waals surface area (Å²) in [5, 5.41) is 15.5. The van der Waals surface area contributed by atoms with E-state index < -0.39 is 0 Å². The Bertz CT molecular complexity index is 1510. The van der Waals surface area contributed by atoms with Gasteiger partial charge in [0.05, 0.1) is 35.0 Å². The summed E-state index contributed by atoms with van der Waals surface area (Å²) >= 11 is 0. The molecule has 5 rings (SSSR count). The predicted molar refractivity (Wildman–Crippen MR) is 158 cm³/mol. The summed E-state index contributed by atoms with van der Waals surface area (Å²) in [5.41, 5.74) is 4.15. The lowest BCUT2D eigenvalue weighted by Gasteiger charge is -2.39. The van der Waals surface area contributed by atoms with Crippen LogP contribution in [0.3, 0.4) is 0 Å². The van der Waals surface area contributed by atoms with Crippen LogP contribution < -0.4 is 10.2 Å². The molecule has 11 heteroatoms. The van der Waals surface area contributed by atoms with E-state index in [4.69, 9.17) is 4.52 Å². The van der Waals surface area contributed by atoms with Gasteiger partial charge < -0.3 is 19.6 Å². The molecule has 11 nitrogen and oxygen atoms in total. The summed E-state index contributed by atoms with van der Waals surface area (Å²) in [6.45, 7) is 14.6. The lowest BCUT2D eigenvalue weighted by atomic mass is 9.93. The molecule has 0 bridgehead atoms. The number of carbonyl (C=O) groups is 1. The Morgan fingerprint density at radius 3 is 2.56 bits per heavy atom. The van der Waals surface area contributed by atoms with Crippen molar-refractivity contribution in [1.29, 1.82) is 0 Å². The molecule has 4 aromatic rings. The fraction of sp³-hybridized carbons (Fsp3) is 0.467. The molecule has 0 aromatic carbocycles. The lowest BCUT2D eigenvalue weighted by molar-refractivity contribution is 0.102. The third kappa shape index (κ3) is 6.30. The summed E-state index contributed by atoms with van der Waals surface area (Å²) in [6, 6.07) is 6.63. The zero-order chi connectivity index (χ0) is 29.3. The largest absolute Gasteiger partial charge is 0.370 e. The lowest BCUT2D eigenvalue weighted by Crippen LogP contribution is -2.45. The van der Waals surface area contributed by atoms with Crippen molar-refractivity contribution in [3.63, 3.8) is 0 Å². The van der Waals surface area contributed by atoms with Gasteiger partial charge in [-0.15, -0.1) is 5.10 Å². The highest BCUT2D eigenvalue weighted by Gasteiger charge is 2.25. The number of nitrogens with one attached hydrogen (secondary N) is 1. The first-order valence-electron chi connectivity index (χ1n) is 14.1. The van der Waals surface area contributed by atoms with E-state index in [-0.39, 0.29) is 11.3 Å². The van der Waals surface area contributed by atoms with E-state index in [1.807, 2.05) is 40.1 Å². The van der Waals surface area contributed by atoms with Gasteiger partial charge in [0, 0.05) is 61.7 Å². The van der Waals surface area contributed by atoms with E-state index in [2.05, 4.69) is 67.5 Å². The zero-order valence-corrected chi connectivity index (χ0v) is 24.9. The Kier molecular flexibility index (Phi) is 7.90. The number of nitrogens with zero attached hydrogens (tertiary/aromatic N) is 8. The molecule has 0 atom stereocenters. The van der Waals surface area contributed by atoms with E-state index in [1.54, 1.807) is 23.0 Å². The highest BCUT2D eigenvalue weighted by atomic mass is 16.5. The van der Waals surface area contributed by atoms with Crippen LogP contribution in [0.5, 0.6) is 0 Å². The fourth-order valence-corrected chi connectivity index (χ4v) is 5.03. The number of amides is 1. The maximum Gasteiger partial charge on any atom is 0.258 e. The highest BCUT2D eigenvalue weighted by Crippen LogP contribution is 2.27. The molecule has 1 N–H and O–H groups in total.